The summed E-state index contributed by atoms with van der Waals surface area (Å²) < 4.78 is 0. The Morgan fingerprint density at radius 1 is 1.47 bits per heavy atom. The normalized spacial score (nSPS) is 22.4. The van der Waals surface area contributed by atoms with Gasteiger partial charge in [-0.2, -0.15) is 0 Å². The lowest BCUT2D eigenvalue weighted by Crippen LogP contribution is -2.47. The van der Waals surface area contributed by atoms with Crippen LogP contribution in [0.1, 0.15) is 21.8 Å². The zero-order valence-corrected chi connectivity index (χ0v) is 10.8. The molecule has 1 aromatic carbocycles. The molecule has 1 unspecified atom stereocenters. The van der Waals surface area contributed by atoms with Crippen LogP contribution in [0.15, 0.2) is 23.2 Å². The number of phenolic OH excluding ortho intramolecular Hbond substituents is 1. The van der Waals surface area contributed by atoms with E-state index in [1.165, 1.54) is 11.0 Å². The number of hydrogen-bond acceptors (Lipinski definition) is 3. The smallest absolute Gasteiger partial charge is 0.259 e. The van der Waals surface area contributed by atoms with E-state index in [1.54, 1.807) is 14.1 Å². The summed E-state index contributed by atoms with van der Waals surface area (Å²) in [6, 6.07) is 1.51. The molecule has 0 aromatic heterocycles. The van der Waals surface area contributed by atoms with Gasteiger partial charge in [-0.1, -0.05) is 24.8 Å². The number of rotatable bonds is 0. The number of likely N-dealkylation sites (N-methyl/N-ethyl adjacent to an activating group) is 1. The molecule has 2 aliphatic rings. The Morgan fingerprint density at radius 2 is 2.21 bits per heavy atom. The second-order valence-electron chi connectivity index (χ2n) is 4.72. The quantitative estimate of drug-likeness (QED) is 0.726. The third-order valence-electron chi connectivity index (χ3n) is 3.76. The molecule has 1 amide bonds. The second kappa shape index (κ2) is 3.82. The van der Waals surface area contributed by atoms with Crippen LogP contribution in [0.4, 0.5) is 0 Å². The van der Waals surface area contributed by atoms with Crippen LogP contribution < -0.4 is 10.4 Å². The molecule has 0 fully saturated rings. The Bertz CT molecular complexity index is 759. The van der Waals surface area contributed by atoms with Crippen molar-refractivity contribution in [2.75, 3.05) is 14.1 Å². The van der Waals surface area contributed by atoms with Crippen LogP contribution in [0.2, 0.25) is 0 Å². The zero-order valence-electron chi connectivity index (χ0n) is 10.8. The maximum Gasteiger partial charge on any atom is 0.259 e. The molecule has 1 heterocycles. The fourth-order valence-corrected chi connectivity index (χ4v) is 2.81. The molecule has 3 rings (SSSR count). The molecule has 1 aliphatic carbocycles. The Morgan fingerprint density at radius 3 is 2.89 bits per heavy atom. The first kappa shape index (κ1) is 11.7. The van der Waals surface area contributed by atoms with E-state index in [9.17, 15) is 9.90 Å². The fraction of sp³-hybridized carbons (Fsp3) is 0.200. The number of benzene rings is 1. The van der Waals surface area contributed by atoms with E-state index in [1.807, 2.05) is 18.2 Å². The van der Waals surface area contributed by atoms with Gasteiger partial charge in [-0.3, -0.25) is 14.7 Å². The Balaban J connectivity index is 2.48. The van der Waals surface area contributed by atoms with E-state index in [-0.39, 0.29) is 17.6 Å². The van der Waals surface area contributed by atoms with Crippen molar-refractivity contribution in [2.45, 2.75) is 5.92 Å². The topological polar surface area (TPSA) is 52.9 Å². The predicted molar refractivity (Wildman–Crippen MR) is 74.7 cm³/mol. The highest BCUT2D eigenvalue weighted by atomic mass is 16.3. The predicted octanol–water partition coefficient (Wildman–Crippen LogP) is 0.350. The highest BCUT2D eigenvalue weighted by molar-refractivity contribution is 6.14. The Hall–Kier alpha value is -2.36. The summed E-state index contributed by atoms with van der Waals surface area (Å²) >= 11 is 0. The molecular weight excluding hydrogens is 240 g/mol. The van der Waals surface area contributed by atoms with E-state index >= 15 is 0 Å². The number of amides is 1. The van der Waals surface area contributed by atoms with Crippen LogP contribution in [-0.4, -0.2) is 35.8 Å². The lowest BCUT2D eigenvalue weighted by atomic mass is 9.83. The number of amidine groups is 1. The minimum atomic E-state index is -0.146. The molecule has 19 heavy (non-hydrogen) atoms. The number of aliphatic imine (C=N–C) groups is 1. The number of carbonyl (C=O) groups excluding carboxylic acids is 1. The van der Waals surface area contributed by atoms with Crippen LogP contribution >= 0.6 is 0 Å². The average Bonchev–Trinajstić information content (AvgIpc) is 2.41. The first-order chi connectivity index (χ1) is 9.06. The van der Waals surface area contributed by atoms with Crippen molar-refractivity contribution in [3.63, 3.8) is 0 Å². The Labute approximate surface area is 110 Å². The van der Waals surface area contributed by atoms with Gasteiger partial charge in [-0.05, 0) is 16.8 Å². The maximum atomic E-state index is 12.4. The monoisotopic (exact) mass is 254 g/mol. The first-order valence-corrected chi connectivity index (χ1v) is 6.04. The molecule has 0 saturated heterocycles. The summed E-state index contributed by atoms with van der Waals surface area (Å²) in [5, 5.41) is 11.3. The molecule has 0 radical (unpaired) electrons. The second-order valence-corrected chi connectivity index (χ2v) is 4.72. The third kappa shape index (κ3) is 1.40. The average molecular weight is 254 g/mol. The Kier molecular flexibility index (Phi) is 2.35. The summed E-state index contributed by atoms with van der Waals surface area (Å²) in [6.07, 6.45) is 5.80. The van der Waals surface area contributed by atoms with Crippen molar-refractivity contribution in [3.8, 4) is 5.75 Å². The summed E-state index contributed by atoms with van der Waals surface area (Å²) in [6.45, 7) is 3.88. The summed E-state index contributed by atoms with van der Waals surface area (Å²) in [5.74, 6) is 0.571. The third-order valence-corrected chi connectivity index (χ3v) is 3.76. The van der Waals surface area contributed by atoms with Gasteiger partial charge >= 0.3 is 0 Å². The van der Waals surface area contributed by atoms with Crippen LogP contribution in [0.25, 0.3) is 12.7 Å². The number of phenols is 1. The van der Waals surface area contributed by atoms with Crippen LogP contribution in [-0.2, 0) is 0 Å². The molecule has 1 aliphatic heterocycles. The molecule has 4 nitrogen and oxygen atoms in total. The van der Waals surface area contributed by atoms with E-state index in [2.05, 4.69) is 11.6 Å². The standard InChI is InChI=1S/C15H14N2O2/c1-8-9-5-4-6-10-13(9)11(7-12(8)18)15(19)17(3)14(10)16-2/h4-7,10,18H,1H2,2-3H3. The van der Waals surface area contributed by atoms with Gasteiger partial charge in [0.1, 0.15) is 11.6 Å². The molecule has 1 N–H and O–H groups in total. The lowest BCUT2D eigenvalue weighted by molar-refractivity contribution is 0.0860. The molecule has 96 valence electrons. The van der Waals surface area contributed by atoms with Crippen molar-refractivity contribution in [1.29, 1.82) is 0 Å². The van der Waals surface area contributed by atoms with E-state index < -0.39 is 0 Å². The van der Waals surface area contributed by atoms with Crippen molar-refractivity contribution in [2.24, 2.45) is 4.99 Å². The summed E-state index contributed by atoms with van der Waals surface area (Å²) in [4.78, 5) is 18.1. The van der Waals surface area contributed by atoms with Crippen molar-refractivity contribution < 1.29 is 9.90 Å². The van der Waals surface area contributed by atoms with Crippen LogP contribution in [0.5, 0.6) is 5.75 Å². The van der Waals surface area contributed by atoms with E-state index in [4.69, 9.17) is 0 Å². The van der Waals surface area contributed by atoms with Crippen LogP contribution in [0.3, 0.4) is 0 Å². The van der Waals surface area contributed by atoms with Crippen molar-refractivity contribution in [1.82, 2.24) is 4.90 Å². The SMILES string of the molecule is C=c1c(O)cc2c3c1=CC=CC3C(=NC)N(C)C2=O. The number of allylic oxidation sites excluding steroid dienone is 1. The number of aromatic hydroxyl groups is 1. The first-order valence-electron chi connectivity index (χ1n) is 6.04. The van der Waals surface area contributed by atoms with Gasteiger partial charge < -0.3 is 5.11 Å². The minimum Gasteiger partial charge on any atom is -0.507 e. The van der Waals surface area contributed by atoms with E-state index in [0.29, 0.717) is 16.6 Å². The zero-order chi connectivity index (χ0) is 13.7. The molecule has 0 bridgehead atoms. The molecule has 0 spiro atoms. The van der Waals surface area contributed by atoms with Gasteiger partial charge in [0.2, 0.25) is 0 Å². The van der Waals surface area contributed by atoms with Gasteiger partial charge in [0, 0.05) is 24.9 Å². The largest absolute Gasteiger partial charge is 0.507 e. The molecule has 1 aromatic rings. The molecule has 4 heteroatoms. The molecular formula is C15H14N2O2. The molecule has 1 atom stereocenters. The van der Waals surface area contributed by atoms with Gasteiger partial charge in [-0.15, -0.1) is 0 Å². The van der Waals surface area contributed by atoms with Crippen LogP contribution in [0, 0.1) is 0 Å². The highest BCUT2D eigenvalue weighted by Crippen LogP contribution is 2.30. The summed E-state index contributed by atoms with van der Waals surface area (Å²) in [5.41, 5.74) is 1.43. The van der Waals surface area contributed by atoms with Crippen molar-refractivity contribution >= 4 is 24.4 Å². The van der Waals surface area contributed by atoms with Gasteiger partial charge in [0.25, 0.3) is 5.91 Å². The number of hydrogen-bond donors (Lipinski definition) is 1. The van der Waals surface area contributed by atoms with Gasteiger partial charge in [-0.25, -0.2) is 0 Å². The van der Waals surface area contributed by atoms with E-state index in [0.717, 1.165) is 10.8 Å². The fourth-order valence-electron chi connectivity index (χ4n) is 2.81. The van der Waals surface area contributed by atoms with Crippen molar-refractivity contribution in [3.05, 3.63) is 39.8 Å². The van der Waals surface area contributed by atoms with Gasteiger partial charge in [0.15, 0.2) is 0 Å². The number of nitrogens with zero attached hydrogens (tertiary/aromatic N) is 2. The number of carbonyl (C=O) groups is 1. The summed E-state index contributed by atoms with van der Waals surface area (Å²) in [7, 11) is 3.38. The highest BCUT2D eigenvalue weighted by Gasteiger charge is 2.35. The molecule has 0 saturated carbocycles. The lowest BCUT2D eigenvalue weighted by Gasteiger charge is -2.33. The maximum absolute atomic E-state index is 12.4. The minimum absolute atomic E-state index is 0.0520. The van der Waals surface area contributed by atoms with Gasteiger partial charge in [0.05, 0.1) is 5.92 Å².